The van der Waals surface area contributed by atoms with Gasteiger partial charge in [-0.1, -0.05) is 6.07 Å². The lowest BCUT2D eigenvalue weighted by molar-refractivity contribution is 0.587. The number of hydrogen-bond donors (Lipinski definition) is 3. The number of imidazole rings is 1. The summed E-state index contributed by atoms with van der Waals surface area (Å²) < 4.78 is 13.2. The van der Waals surface area contributed by atoms with Crippen LogP contribution in [0.4, 0.5) is 4.39 Å². The SMILES string of the molecule is Cc1ccc(F)cc1C(NN)c1ncc[nH]1. The fourth-order valence-electron chi connectivity index (χ4n) is 1.67. The summed E-state index contributed by atoms with van der Waals surface area (Å²) in [5.74, 6) is 5.86. The number of halogens is 1. The largest absolute Gasteiger partial charge is 0.347 e. The van der Waals surface area contributed by atoms with Crippen molar-refractivity contribution in [2.75, 3.05) is 0 Å². The Morgan fingerprint density at radius 1 is 1.50 bits per heavy atom. The second-order valence-corrected chi connectivity index (χ2v) is 3.58. The predicted molar refractivity (Wildman–Crippen MR) is 58.9 cm³/mol. The van der Waals surface area contributed by atoms with Crippen molar-refractivity contribution in [3.05, 3.63) is 53.4 Å². The van der Waals surface area contributed by atoms with Crippen molar-refractivity contribution < 1.29 is 4.39 Å². The number of aryl methyl sites for hydroxylation is 1. The maximum absolute atomic E-state index is 13.2. The normalized spacial score (nSPS) is 12.7. The molecule has 0 aliphatic heterocycles. The Bertz CT molecular complexity index is 467. The van der Waals surface area contributed by atoms with Gasteiger partial charge in [0, 0.05) is 12.4 Å². The molecule has 0 radical (unpaired) electrons. The van der Waals surface area contributed by atoms with Crippen LogP contribution in [-0.4, -0.2) is 9.97 Å². The van der Waals surface area contributed by atoms with Crippen LogP contribution < -0.4 is 11.3 Å². The third-order valence-electron chi connectivity index (χ3n) is 2.51. The lowest BCUT2D eigenvalue weighted by Gasteiger charge is -2.16. The summed E-state index contributed by atoms with van der Waals surface area (Å²) in [6.45, 7) is 1.90. The van der Waals surface area contributed by atoms with E-state index in [1.165, 1.54) is 12.1 Å². The number of nitrogens with zero attached hydrogens (tertiary/aromatic N) is 1. The zero-order valence-electron chi connectivity index (χ0n) is 8.87. The topological polar surface area (TPSA) is 66.7 Å². The zero-order chi connectivity index (χ0) is 11.5. The van der Waals surface area contributed by atoms with Crippen molar-refractivity contribution in [1.29, 1.82) is 0 Å². The Hall–Kier alpha value is -1.72. The van der Waals surface area contributed by atoms with Crippen LogP contribution in [-0.2, 0) is 0 Å². The smallest absolute Gasteiger partial charge is 0.129 e. The van der Waals surface area contributed by atoms with Gasteiger partial charge in [-0.25, -0.2) is 14.8 Å². The number of hydrogen-bond acceptors (Lipinski definition) is 3. The third kappa shape index (κ3) is 1.95. The van der Waals surface area contributed by atoms with Crippen molar-refractivity contribution in [3.8, 4) is 0 Å². The van der Waals surface area contributed by atoms with Gasteiger partial charge in [-0.2, -0.15) is 0 Å². The summed E-state index contributed by atoms with van der Waals surface area (Å²) in [7, 11) is 0. The number of hydrazine groups is 1. The fourth-order valence-corrected chi connectivity index (χ4v) is 1.67. The number of rotatable bonds is 3. The highest BCUT2D eigenvalue weighted by Crippen LogP contribution is 2.22. The van der Waals surface area contributed by atoms with Crippen LogP contribution in [0.5, 0.6) is 0 Å². The highest BCUT2D eigenvalue weighted by Gasteiger charge is 2.17. The van der Waals surface area contributed by atoms with Crippen molar-refractivity contribution in [1.82, 2.24) is 15.4 Å². The maximum Gasteiger partial charge on any atom is 0.129 e. The number of H-pyrrole nitrogens is 1. The molecule has 0 saturated carbocycles. The Labute approximate surface area is 92.7 Å². The molecule has 1 heterocycles. The van der Waals surface area contributed by atoms with E-state index >= 15 is 0 Å². The van der Waals surface area contributed by atoms with Crippen LogP contribution in [0.3, 0.4) is 0 Å². The number of nitrogens with one attached hydrogen (secondary N) is 2. The van der Waals surface area contributed by atoms with Gasteiger partial charge in [0.1, 0.15) is 17.7 Å². The van der Waals surface area contributed by atoms with Crippen LogP contribution in [0.1, 0.15) is 23.0 Å². The van der Waals surface area contributed by atoms with Gasteiger partial charge in [0.05, 0.1) is 0 Å². The first-order valence-electron chi connectivity index (χ1n) is 4.94. The second kappa shape index (κ2) is 4.42. The average molecular weight is 220 g/mol. The maximum atomic E-state index is 13.2. The predicted octanol–water partition coefficient (Wildman–Crippen LogP) is 1.41. The zero-order valence-corrected chi connectivity index (χ0v) is 8.87. The van der Waals surface area contributed by atoms with E-state index in [0.717, 1.165) is 11.1 Å². The number of aromatic amines is 1. The van der Waals surface area contributed by atoms with Crippen molar-refractivity contribution in [2.45, 2.75) is 13.0 Å². The molecule has 4 N–H and O–H groups in total. The van der Waals surface area contributed by atoms with Crippen LogP contribution >= 0.6 is 0 Å². The van der Waals surface area contributed by atoms with Gasteiger partial charge in [0.25, 0.3) is 0 Å². The molecule has 1 aromatic carbocycles. The molecule has 2 rings (SSSR count). The third-order valence-corrected chi connectivity index (χ3v) is 2.51. The molecular weight excluding hydrogens is 207 g/mol. The second-order valence-electron chi connectivity index (χ2n) is 3.58. The van der Waals surface area contributed by atoms with Crippen LogP contribution in [0, 0.1) is 12.7 Å². The quantitative estimate of drug-likeness (QED) is 0.541. The van der Waals surface area contributed by atoms with Crippen molar-refractivity contribution in [3.63, 3.8) is 0 Å². The van der Waals surface area contributed by atoms with E-state index in [-0.39, 0.29) is 11.9 Å². The molecular formula is C11H13FN4. The van der Waals surface area contributed by atoms with Gasteiger partial charge in [-0.3, -0.25) is 5.84 Å². The molecule has 1 unspecified atom stereocenters. The molecule has 0 bridgehead atoms. The molecule has 0 saturated heterocycles. The highest BCUT2D eigenvalue weighted by atomic mass is 19.1. The Morgan fingerprint density at radius 3 is 2.94 bits per heavy atom. The van der Waals surface area contributed by atoms with Gasteiger partial charge in [-0.15, -0.1) is 0 Å². The highest BCUT2D eigenvalue weighted by molar-refractivity contribution is 5.33. The molecule has 0 aliphatic rings. The van der Waals surface area contributed by atoms with Gasteiger partial charge in [-0.05, 0) is 30.2 Å². The van der Waals surface area contributed by atoms with Crippen LogP contribution in [0.2, 0.25) is 0 Å². The fraction of sp³-hybridized carbons (Fsp3) is 0.182. The number of nitrogens with two attached hydrogens (primary N) is 1. The van der Waals surface area contributed by atoms with Gasteiger partial charge >= 0.3 is 0 Å². The lowest BCUT2D eigenvalue weighted by Crippen LogP contribution is -2.30. The molecule has 16 heavy (non-hydrogen) atoms. The first-order valence-corrected chi connectivity index (χ1v) is 4.94. The standard InChI is InChI=1S/C11H13FN4/c1-7-2-3-8(12)6-9(7)10(16-13)11-14-4-5-15-11/h2-6,10,16H,13H2,1H3,(H,14,15). The van der Waals surface area contributed by atoms with Crippen molar-refractivity contribution >= 4 is 0 Å². The van der Waals surface area contributed by atoms with E-state index < -0.39 is 0 Å². The summed E-state index contributed by atoms with van der Waals surface area (Å²) in [6, 6.07) is 4.28. The van der Waals surface area contributed by atoms with Gasteiger partial charge in [0.2, 0.25) is 0 Å². The molecule has 1 aromatic heterocycles. The van der Waals surface area contributed by atoms with E-state index in [1.54, 1.807) is 18.5 Å². The van der Waals surface area contributed by atoms with E-state index in [9.17, 15) is 4.39 Å². The molecule has 0 spiro atoms. The lowest BCUT2D eigenvalue weighted by atomic mass is 10.0. The summed E-state index contributed by atoms with van der Waals surface area (Å²) >= 11 is 0. The number of benzene rings is 1. The molecule has 2 aromatic rings. The Kier molecular flexibility index (Phi) is 2.98. The summed E-state index contributed by atoms with van der Waals surface area (Å²) in [5.41, 5.74) is 4.36. The van der Waals surface area contributed by atoms with Crippen molar-refractivity contribution in [2.24, 2.45) is 5.84 Å². The molecule has 0 amide bonds. The van der Waals surface area contributed by atoms with E-state index in [4.69, 9.17) is 5.84 Å². The molecule has 5 heteroatoms. The van der Waals surface area contributed by atoms with Crippen LogP contribution in [0.25, 0.3) is 0 Å². The minimum absolute atomic E-state index is 0.285. The molecule has 0 aliphatic carbocycles. The summed E-state index contributed by atoms with van der Waals surface area (Å²) in [6.07, 6.45) is 3.34. The van der Waals surface area contributed by atoms with Gasteiger partial charge < -0.3 is 4.98 Å². The number of aromatic nitrogens is 2. The van der Waals surface area contributed by atoms with E-state index in [2.05, 4.69) is 15.4 Å². The van der Waals surface area contributed by atoms with E-state index in [0.29, 0.717) is 5.82 Å². The molecule has 1 atom stereocenters. The monoisotopic (exact) mass is 220 g/mol. The average Bonchev–Trinajstić information content (AvgIpc) is 2.78. The van der Waals surface area contributed by atoms with Crippen LogP contribution in [0.15, 0.2) is 30.6 Å². The van der Waals surface area contributed by atoms with Gasteiger partial charge in [0.15, 0.2) is 0 Å². The Morgan fingerprint density at radius 2 is 2.31 bits per heavy atom. The summed E-state index contributed by atoms with van der Waals surface area (Å²) in [4.78, 5) is 7.07. The first-order chi connectivity index (χ1) is 7.72. The molecule has 0 fully saturated rings. The van der Waals surface area contributed by atoms with E-state index in [1.807, 2.05) is 6.92 Å². The summed E-state index contributed by atoms with van der Waals surface area (Å²) in [5, 5.41) is 0. The molecule has 84 valence electrons. The molecule has 4 nitrogen and oxygen atoms in total. The Balaban J connectivity index is 2.44. The first kappa shape index (κ1) is 10.8. The minimum Gasteiger partial charge on any atom is -0.347 e. The minimum atomic E-state index is -0.328.